The van der Waals surface area contributed by atoms with E-state index in [2.05, 4.69) is 41.5 Å². The van der Waals surface area contributed by atoms with Crippen LogP contribution in [0, 0.1) is 22.7 Å². The minimum absolute atomic E-state index is 0.623. The molecule has 3 aliphatic heterocycles. The molecular formula is C19H32N8S. The van der Waals surface area contributed by atoms with Crippen LogP contribution in [0.4, 0.5) is 0 Å². The lowest BCUT2D eigenvalue weighted by molar-refractivity contribution is 0.101. The number of rotatable bonds is 8. The fourth-order valence-corrected chi connectivity index (χ4v) is 4.40. The monoisotopic (exact) mass is 404 g/mol. The molecule has 0 aromatic carbocycles. The number of nitrogens with zero attached hydrogens (tertiary/aromatic N) is 8. The Balaban J connectivity index is 1.35. The van der Waals surface area contributed by atoms with Crippen LogP contribution in [0.2, 0.25) is 0 Å². The van der Waals surface area contributed by atoms with Gasteiger partial charge in [-0.25, -0.2) is 0 Å². The highest BCUT2D eigenvalue weighted by molar-refractivity contribution is 7.80. The predicted octanol–water partition coefficient (Wildman–Crippen LogP) is -0.134. The highest BCUT2D eigenvalue weighted by atomic mass is 32.1. The zero-order valence-corrected chi connectivity index (χ0v) is 17.6. The van der Waals surface area contributed by atoms with E-state index in [0.717, 1.165) is 97.0 Å². The van der Waals surface area contributed by atoms with Gasteiger partial charge in [-0.1, -0.05) is 0 Å². The fourth-order valence-electron chi connectivity index (χ4n) is 4.10. The van der Waals surface area contributed by atoms with E-state index in [-0.39, 0.29) is 0 Å². The van der Waals surface area contributed by atoms with Crippen molar-refractivity contribution in [2.45, 2.75) is 12.8 Å². The largest absolute Gasteiger partial charge is 0.334 e. The van der Waals surface area contributed by atoms with Crippen molar-refractivity contribution in [2.24, 2.45) is 0 Å². The van der Waals surface area contributed by atoms with Crippen LogP contribution in [0.15, 0.2) is 0 Å². The van der Waals surface area contributed by atoms with Gasteiger partial charge in [0.25, 0.3) is 0 Å². The summed E-state index contributed by atoms with van der Waals surface area (Å²) < 4.78 is 0. The van der Waals surface area contributed by atoms with Gasteiger partial charge >= 0.3 is 0 Å². The first kappa shape index (κ1) is 21.2. The third-order valence-electron chi connectivity index (χ3n) is 5.93. The second kappa shape index (κ2) is 10.9. The van der Waals surface area contributed by atoms with E-state index in [9.17, 15) is 0 Å². The lowest BCUT2D eigenvalue weighted by Gasteiger charge is -2.38. The van der Waals surface area contributed by atoms with E-state index >= 15 is 0 Å². The molecule has 3 saturated heterocycles. The normalized spacial score (nSPS) is 23.1. The molecule has 0 saturated carbocycles. The van der Waals surface area contributed by atoms with Crippen LogP contribution in [0.3, 0.4) is 0 Å². The van der Waals surface area contributed by atoms with Gasteiger partial charge in [0.15, 0.2) is 5.11 Å². The van der Waals surface area contributed by atoms with E-state index in [1.54, 1.807) is 0 Å². The van der Waals surface area contributed by atoms with Crippen molar-refractivity contribution in [3.63, 3.8) is 0 Å². The summed E-state index contributed by atoms with van der Waals surface area (Å²) in [5.74, 6) is 0. The van der Waals surface area contributed by atoms with Crippen molar-refractivity contribution in [1.29, 1.82) is 10.5 Å². The van der Waals surface area contributed by atoms with Crippen LogP contribution in [-0.4, -0.2) is 126 Å². The molecule has 3 aliphatic rings. The van der Waals surface area contributed by atoms with Gasteiger partial charge in [0.1, 0.15) is 0 Å². The molecule has 0 radical (unpaired) electrons. The maximum atomic E-state index is 8.73. The smallest absolute Gasteiger partial charge is 0.173 e. The summed E-state index contributed by atoms with van der Waals surface area (Å²) in [6, 6.07) is 4.47. The maximum Gasteiger partial charge on any atom is 0.173 e. The molecule has 0 aromatic rings. The minimum Gasteiger partial charge on any atom is -0.334 e. The third-order valence-corrected chi connectivity index (χ3v) is 6.45. The van der Waals surface area contributed by atoms with Gasteiger partial charge in [-0.3, -0.25) is 19.6 Å². The molecule has 3 heterocycles. The Bertz CT molecular complexity index is 534. The van der Waals surface area contributed by atoms with Gasteiger partial charge in [-0.15, -0.1) is 0 Å². The summed E-state index contributed by atoms with van der Waals surface area (Å²) in [4.78, 5) is 14.4. The summed E-state index contributed by atoms with van der Waals surface area (Å²) in [7, 11) is 0. The number of nitriles is 2. The van der Waals surface area contributed by atoms with E-state index in [1.165, 1.54) is 0 Å². The summed E-state index contributed by atoms with van der Waals surface area (Å²) in [5.41, 5.74) is 0. The molecule has 0 amide bonds. The maximum absolute atomic E-state index is 8.73. The fraction of sp³-hybridized carbons (Fsp3) is 0.842. The molecule has 0 aromatic heterocycles. The Hall–Kier alpha value is -1.49. The molecule has 0 unspecified atom stereocenters. The summed E-state index contributed by atoms with van der Waals surface area (Å²) in [6.07, 6.45) is 1.25. The van der Waals surface area contributed by atoms with Crippen LogP contribution in [-0.2, 0) is 0 Å². The van der Waals surface area contributed by atoms with Crippen LogP contribution >= 0.6 is 12.2 Å². The molecule has 28 heavy (non-hydrogen) atoms. The van der Waals surface area contributed by atoms with Gasteiger partial charge < -0.3 is 9.80 Å². The molecule has 0 bridgehead atoms. The van der Waals surface area contributed by atoms with Crippen molar-refractivity contribution in [3.8, 4) is 12.1 Å². The van der Waals surface area contributed by atoms with Gasteiger partial charge in [0, 0.05) is 91.4 Å². The summed E-state index contributed by atoms with van der Waals surface area (Å²) in [6.45, 7) is 14.0. The summed E-state index contributed by atoms with van der Waals surface area (Å²) in [5, 5.41) is 18.4. The Kier molecular flexibility index (Phi) is 8.26. The highest BCUT2D eigenvalue weighted by Crippen LogP contribution is 2.13. The quantitative estimate of drug-likeness (QED) is 0.515. The molecule has 154 valence electrons. The molecular weight excluding hydrogens is 372 g/mol. The summed E-state index contributed by atoms with van der Waals surface area (Å²) >= 11 is 5.77. The van der Waals surface area contributed by atoms with Gasteiger partial charge in [-0.2, -0.15) is 10.5 Å². The van der Waals surface area contributed by atoms with E-state index in [4.69, 9.17) is 22.7 Å². The van der Waals surface area contributed by atoms with Gasteiger partial charge in [0.2, 0.25) is 0 Å². The first-order valence-electron chi connectivity index (χ1n) is 10.4. The van der Waals surface area contributed by atoms with Gasteiger partial charge in [-0.05, 0) is 12.2 Å². The average Bonchev–Trinajstić information content (AvgIpc) is 3.06. The molecule has 3 rings (SSSR count). The molecule has 0 aliphatic carbocycles. The first-order chi connectivity index (χ1) is 13.7. The lowest BCUT2D eigenvalue weighted by Crippen LogP contribution is -2.52. The molecule has 0 spiro atoms. The lowest BCUT2D eigenvalue weighted by atomic mass is 10.3. The van der Waals surface area contributed by atoms with Crippen molar-refractivity contribution in [2.75, 3.05) is 91.9 Å². The molecule has 3 fully saturated rings. The van der Waals surface area contributed by atoms with Crippen molar-refractivity contribution < 1.29 is 0 Å². The third kappa shape index (κ3) is 6.00. The zero-order chi connectivity index (χ0) is 19.8. The van der Waals surface area contributed by atoms with Crippen molar-refractivity contribution >= 4 is 17.3 Å². The standard InChI is InChI=1S/C19H32N8S/c20-3-1-5-22-7-11-24(12-8-22)17-26-15-16-27(19(26)28)18-25-13-9-23(10-14-25)6-2-4-21/h1-2,5-18H2. The van der Waals surface area contributed by atoms with E-state index < -0.39 is 0 Å². The Morgan fingerprint density at radius 1 is 0.607 bits per heavy atom. The Labute approximate surface area is 174 Å². The van der Waals surface area contributed by atoms with E-state index in [0.29, 0.717) is 12.8 Å². The Morgan fingerprint density at radius 2 is 0.964 bits per heavy atom. The Morgan fingerprint density at radius 3 is 1.32 bits per heavy atom. The van der Waals surface area contributed by atoms with Gasteiger partial charge in [0.05, 0.1) is 25.5 Å². The first-order valence-corrected chi connectivity index (χ1v) is 10.8. The van der Waals surface area contributed by atoms with E-state index in [1.807, 2.05) is 0 Å². The second-order valence-electron chi connectivity index (χ2n) is 7.83. The number of hydrogen-bond donors (Lipinski definition) is 0. The predicted molar refractivity (Wildman–Crippen MR) is 112 cm³/mol. The number of thiocarbonyl (C=S) groups is 1. The number of piperazine rings is 2. The molecule has 8 nitrogen and oxygen atoms in total. The minimum atomic E-state index is 0.623. The van der Waals surface area contributed by atoms with Crippen LogP contribution in [0.1, 0.15) is 12.8 Å². The molecule has 9 heteroatoms. The zero-order valence-electron chi connectivity index (χ0n) is 16.8. The number of hydrogen-bond acceptors (Lipinski definition) is 7. The van der Waals surface area contributed by atoms with Crippen LogP contribution in [0.5, 0.6) is 0 Å². The topological polar surface area (TPSA) is 67.0 Å². The second-order valence-corrected chi connectivity index (χ2v) is 8.19. The molecule has 0 N–H and O–H groups in total. The SMILES string of the molecule is N#CCCN1CCN(CN2CCN(CN3CCN(CCC#N)CC3)C2=S)CC1. The highest BCUT2D eigenvalue weighted by Gasteiger charge is 2.29. The van der Waals surface area contributed by atoms with Crippen LogP contribution in [0.25, 0.3) is 0 Å². The van der Waals surface area contributed by atoms with Crippen molar-refractivity contribution in [1.82, 2.24) is 29.4 Å². The van der Waals surface area contributed by atoms with Crippen molar-refractivity contribution in [3.05, 3.63) is 0 Å². The molecule has 0 atom stereocenters. The average molecular weight is 405 g/mol. The van der Waals surface area contributed by atoms with Crippen LogP contribution < -0.4 is 0 Å².